The highest BCUT2D eigenvalue weighted by molar-refractivity contribution is 5.32. The van der Waals surface area contributed by atoms with E-state index in [1.54, 1.807) is 5.57 Å². The lowest BCUT2D eigenvalue weighted by atomic mass is 9.83. The highest BCUT2D eigenvalue weighted by Gasteiger charge is 2.20. The molecular weight excluding hydrogens is 278 g/mol. The van der Waals surface area contributed by atoms with Gasteiger partial charge in [-0.2, -0.15) is 0 Å². The van der Waals surface area contributed by atoms with Gasteiger partial charge in [0.25, 0.3) is 0 Å². The van der Waals surface area contributed by atoms with E-state index in [9.17, 15) is 0 Å². The fourth-order valence-corrected chi connectivity index (χ4v) is 3.89. The van der Waals surface area contributed by atoms with Crippen molar-refractivity contribution in [3.63, 3.8) is 0 Å². The maximum absolute atomic E-state index is 2.58. The second kappa shape index (κ2) is 8.38. The van der Waals surface area contributed by atoms with Crippen LogP contribution >= 0.6 is 0 Å². The van der Waals surface area contributed by atoms with Gasteiger partial charge < -0.3 is 4.90 Å². The number of unbranched alkanes of at least 4 members (excludes halogenated alkanes) is 1. The molecule has 1 heteroatoms. The number of allylic oxidation sites excluding steroid dienone is 9. The molecule has 0 spiro atoms. The van der Waals surface area contributed by atoms with E-state index in [2.05, 4.69) is 54.4 Å². The fourth-order valence-electron chi connectivity index (χ4n) is 3.89. The predicted octanol–water partition coefficient (Wildman–Crippen LogP) is 6.28. The maximum Gasteiger partial charge on any atom is 0.0364 e. The van der Waals surface area contributed by atoms with E-state index in [0.717, 1.165) is 12.5 Å². The summed E-state index contributed by atoms with van der Waals surface area (Å²) in [5.74, 6) is 0.802. The Morgan fingerprint density at radius 3 is 2.65 bits per heavy atom. The van der Waals surface area contributed by atoms with E-state index in [4.69, 9.17) is 0 Å². The van der Waals surface area contributed by atoms with Crippen LogP contribution in [0.5, 0.6) is 0 Å². The van der Waals surface area contributed by atoms with Crippen LogP contribution in [0.1, 0.15) is 64.7 Å². The van der Waals surface area contributed by atoms with Gasteiger partial charge in [-0.25, -0.2) is 0 Å². The molecule has 0 amide bonds. The van der Waals surface area contributed by atoms with Crippen LogP contribution in [0.15, 0.2) is 59.5 Å². The minimum Gasteiger partial charge on any atom is -0.345 e. The maximum atomic E-state index is 2.58. The van der Waals surface area contributed by atoms with Crippen molar-refractivity contribution in [2.75, 3.05) is 6.54 Å². The second-order valence-electron chi connectivity index (χ2n) is 6.99. The molecule has 0 aromatic carbocycles. The average Bonchev–Trinajstić information content (AvgIpc) is 2.64. The summed E-state index contributed by atoms with van der Waals surface area (Å²) in [5, 5.41) is 0. The Morgan fingerprint density at radius 1 is 1.04 bits per heavy atom. The molecular formula is C22H31N. The Morgan fingerprint density at radius 2 is 2.00 bits per heavy atom. The molecule has 0 N–H and O–H groups in total. The zero-order valence-corrected chi connectivity index (χ0v) is 14.6. The third-order valence-corrected chi connectivity index (χ3v) is 5.32. The summed E-state index contributed by atoms with van der Waals surface area (Å²) in [6, 6.07) is 0. The molecule has 0 aromatic heterocycles. The van der Waals surface area contributed by atoms with Crippen molar-refractivity contribution in [1.29, 1.82) is 0 Å². The van der Waals surface area contributed by atoms with Crippen LogP contribution in [0.2, 0.25) is 0 Å². The molecule has 124 valence electrons. The standard InChI is InChI=1S/C22H31N/c1-2-3-18-23(21-12-8-5-9-13-21)22-16-14-20(15-17-22)19-10-6-4-7-11-19/h4,6,8,12-14,16,19H,2-3,5,7,9-11,15,17-18H2,1H3. The van der Waals surface area contributed by atoms with Gasteiger partial charge in [0.2, 0.25) is 0 Å². The summed E-state index contributed by atoms with van der Waals surface area (Å²) < 4.78 is 0. The smallest absolute Gasteiger partial charge is 0.0364 e. The molecule has 0 fully saturated rings. The van der Waals surface area contributed by atoms with Crippen molar-refractivity contribution in [3.8, 4) is 0 Å². The summed E-state index contributed by atoms with van der Waals surface area (Å²) in [6.45, 7) is 3.45. The number of hydrogen-bond acceptors (Lipinski definition) is 1. The molecule has 0 heterocycles. The fraction of sp³-hybridized carbons (Fsp3) is 0.545. The lowest BCUT2D eigenvalue weighted by Gasteiger charge is -2.32. The molecule has 0 radical (unpaired) electrons. The second-order valence-corrected chi connectivity index (χ2v) is 6.99. The van der Waals surface area contributed by atoms with E-state index in [-0.39, 0.29) is 0 Å². The van der Waals surface area contributed by atoms with Crippen LogP contribution in [-0.2, 0) is 0 Å². The Hall–Kier alpha value is -1.50. The molecule has 0 saturated carbocycles. The van der Waals surface area contributed by atoms with E-state index in [0.29, 0.717) is 0 Å². The van der Waals surface area contributed by atoms with Crippen molar-refractivity contribution >= 4 is 0 Å². The molecule has 0 bridgehead atoms. The van der Waals surface area contributed by atoms with Gasteiger partial charge in [-0.3, -0.25) is 0 Å². The lowest BCUT2D eigenvalue weighted by molar-refractivity contribution is 0.400. The summed E-state index contributed by atoms with van der Waals surface area (Å²) in [6.07, 6.45) is 27.9. The van der Waals surface area contributed by atoms with Crippen LogP contribution in [0.25, 0.3) is 0 Å². The van der Waals surface area contributed by atoms with Crippen LogP contribution in [-0.4, -0.2) is 11.4 Å². The first-order valence-corrected chi connectivity index (χ1v) is 9.57. The molecule has 3 aliphatic rings. The van der Waals surface area contributed by atoms with Gasteiger partial charge in [0.15, 0.2) is 0 Å². The first-order valence-electron chi connectivity index (χ1n) is 9.57. The van der Waals surface area contributed by atoms with Gasteiger partial charge in [0.05, 0.1) is 0 Å². The summed E-state index contributed by atoms with van der Waals surface area (Å²) in [4.78, 5) is 2.58. The topological polar surface area (TPSA) is 3.24 Å². The minimum absolute atomic E-state index is 0.802. The SMILES string of the molecule is CCCCN(C1=CCCC=C1)C1=CC=C(C2CC=CCC2)CC1. The number of hydrogen-bond donors (Lipinski definition) is 0. The monoisotopic (exact) mass is 309 g/mol. The molecule has 3 aliphatic carbocycles. The molecule has 3 rings (SSSR count). The highest BCUT2D eigenvalue weighted by atomic mass is 15.1. The average molecular weight is 309 g/mol. The Bertz CT molecular complexity index is 544. The zero-order chi connectivity index (χ0) is 15.9. The molecule has 1 atom stereocenters. The van der Waals surface area contributed by atoms with Gasteiger partial charge in [-0.15, -0.1) is 0 Å². The van der Waals surface area contributed by atoms with Gasteiger partial charge >= 0.3 is 0 Å². The Balaban J connectivity index is 1.73. The minimum atomic E-state index is 0.802. The Kier molecular flexibility index (Phi) is 5.96. The normalized spacial score (nSPS) is 24.0. The van der Waals surface area contributed by atoms with E-state index >= 15 is 0 Å². The molecule has 23 heavy (non-hydrogen) atoms. The van der Waals surface area contributed by atoms with Crippen LogP contribution in [0, 0.1) is 5.92 Å². The lowest BCUT2D eigenvalue weighted by Crippen LogP contribution is -2.25. The highest BCUT2D eigenvalue weighted by Crippen LogP contribution is 2.34. The zero-order valence-electron chi connectivity index (χ0n) is 14.6. The van der Waals surface area contributed by atoms with Crippen LogP contribution < -0.4 is 0 Å². The first-order chi connectivity index (χ1) is 11.4. The third kappa shape index (κ3) is 4.28. The van der Waals surface area contributed by atoms with Gasteiger partial charge in [0.1, 0.15) is 0 Å². The van der Waals surface area contributed by atoms with Crippen LogP contribution in [0.3, 0.4) is 0 Å². The Labute approximate surface area is 142 Å². The quantitative estimate of drug-likeness (QED) is 0.522. The molecule has 1 unspecified atom stereocenters. The third-order valence-electron chi connectivity index (χ3n) is 5.32. The molecule has 0 aliphatic heterocycles. The molecule has 0 saturated heterocycles. The molecule has 1 nitrogen and oxygen atoms in total. The number of nitrogens with zero attached hydrogens (tertiary/aromatic N) is 1. The summed E-state index contributed by atoms with van der Waals surface area (Å²) >= 11 is 0. The van der Waals surface area contributed by atoms with E-state index < -0.39 is 0 Å². The van der Waals surface area contributed by atoms with Crippen molar-refractivity contribution in [2.24, 2.45) is 5.92 Å². The summed E-state index contributed by atoms with van der Waals surface area (Å²) in [7, 11) is 0. The van der Waals surface area contributed by atoms with E-state index in [1.165, 1.54) is 69.2 Å². The van der Waals surface area contributed by atoms with Crippen molar-refractivity contribution in [3.05, 3.63) is 59.5 Å². The van der Waals surface area contributed by atoms with Crippen LogP contribution in [0.4, 0.5) is 0 Å². The predicted molar refractivity (Wildman–Crippen MR) is 100.0 cm³/mol. The van der Waals surface area contributed by atoms with E-state index in [1.807, 2.05) is 0 Å². The molecule has 0 aromatic rings. The number of rotatable bonds is 6. The van der Waals surface area contributed by atoms with Gasteiger partial charge in [-0.05, 0) is 69.4 Å². The van der Waals surface area contributed by atoms with Gasteiger partial charge in [-0.1, -0.05) is 49.3 Å². The van der Waals surface area contributed by atoms with Gasteiger partial charge in [0, 0.05) is 17.9 Å². The first kappa shape index (κ1) is 16.4. The van der Waals surface area contributed by atoms with Crippen molar-refractivity contribution in [2.45, 2.75) is 64.7 Å². The largest absolute Gasteiger partial charge is 0.345 e. The summed E-state index contributed by atoms with van der Waals surface area (Å²) in [5.41, 5.74) is 4.63. The van der Waals surface area contributed by atoms with Crippen molar-refractivity contribution in [1.82, 2.24) is 4.90 Å². The van der Waals surface area contributed by atoms with Crippen molar-refractivity contribution < 1.29 is 0 Å².